The van der Waals surface area contributed by atoms with Crippen molar-refractivity contribution in [2.45, 2.75) is 86.0 Å². The van der Waals surface area contributed by atoms with Gasteiger partial charge in [0.15, 0.2) is 0 Å². The number of rotatable bonds is 15. The van der Waals surface area contributed by atoms with Crippen LogP contribution in [0.3, 0.4) is 0 Å². The highest BCUT2D eigenvalue weighted by Crippen LogP contribution is 2.16. The fraction of sp³-hybridized carbons (Fsp3) is 0.895. The summed E-state index contributed by atoms with van der Waals surface area (Å²) in [6, 6.07) is 0. The molecule has 0 amide bonds. The van der Waals surface area contributed by atoms with E-state index in [9.17, 15) is 0 Å². The molecule has 0 N–H and O–H groups in total. The van der Waals surface area contributed by atoms with Gasteiger partial charge in [-0.1, -0.05) is 72.3 Å². The molecular formula is C19H40O2Si. The lowest BCUT2D eigenvalue weighted by Crippen LogP contribution is -2.27. The minimum atomic E-state index is -1.62. The van der Waals surface area contributed by atoms with E-state index >= 15 is 0 Å². The molecule has 0 aromatic rings. The maximum atomic E-state index is 6.16. The quantitative estimate of drug-likeness (QED) is 0.354. The minimum Gasteiger partial charge on any atom is -0.393 e. The van der Waals surface area contributed by atoms with E-state index in [1.807, 2.05) is 0 Å². The summed E-state index contributed by atoms with van der Waals surface area (Å²) in [4.78, 5) is 0. The molecule has 22 heavy (non-hydrogen) atoms. The van der Waals surface area contributed by atoms with E-state index in [2.05, 4.69) is 46.4 Å². The number of allylic oxidation sites excluding steroid dienone is 1. The van der Waals surface area contributed by atoms with Gasteiger partial charge in [-0.15, -0.1) is 0 Å². The Hall–Kier alpha value is -0.123. The van der Waals surface area contributed by atoms with Crippen molar-refractivity contribution in [2.75, 3.05) is 13.2 Å². The largest absolute Gasteiger partial charge is 0.393 e. The zero-order valence-electron chi connectivity index (χ0n) is 15.8. The molecule has 2 nitrogen and oxygen atoms in total. The number of unbranched alkanes of at least 4 members (excludes halogenated alkanes) is 2. The van der Waals surface area contributed by atoms with E-state index in [1.54, 1.807) is 0 Å². The van der Waals surface area contributed by atoms with Crippen molar-refractivity contribution in [2.24, 2.45) is 11.8 Å². The minimum absolute atomic E-state index is 0.700. The van der Waals surface area contributed by atoms with Crippen molar-refractivity contribution in [1.82, 2.24) is 0 Å². The Morgan fingerprint density at radius 1 is 0.818 bits per heavy atom. The van der Waals surface area contributed by atoms with Crippen LogP contribution in [0.5, 0.6) is 0 Å². The first-order chi connectivity index (χ1) is 10.7. The van der Waals surface area contributed by atoms with E-state index in [1.165, 1.54) is 51.4 Å². The summed E-state index contributed by atoms with van der Waals surface area (Å²) in [5, 5.41) is 0. The fourth-order valence-electron chi connectivity index (χ4n) is 2.57. The smallest absolute Gasteiger partial charge is 0.348 e. The third-order valence-corrected chi connectivity index (χ3v) is 6.17. The predicted octanol–water partition coefficient (Wildman–Crippen LogP) is 5.79. The van der Waals surface area contributed by atoms with Crippen molar-refractivity contribution in [1.29, 1.82) is 0 Å². The Labute approximate surface area is 141 Å². The van der Waals surface area contributed by atoms with Gasteiger partial charge in [0.1, 0.15) is 0 Å². The standard InChI is InChI=1S/C19H40O2Si/c1-6-11-13-18(9-4)16-20-22(15-8-3)21-17-19(10-5)14-12-7-2/h8,15,18-19,22H,6-7,9-14,16-17H2,1-5H3. The summed E-state index contributed by atoms with van der Waals surface area (Å²) >= 11 is 0. The first-order valence-corrected chi connectivity index (χ1v) is 11.2. The summed E-state index contributed by atoms with van der Waals surface area (Å²) in [7, 11) is -1.62. The van der Waals surface area contributed by atoms with Gasteiger partial charge in [0.05, 0.1) is 0 Å². The van der Waals surface area contributed by atoms with Crippen molar-refractivity contribution < 1.29 is 8.85 Å². The fourth-order valence-corrected chi connectivity index (χ4v) is 4.13. The van der Waals surface area contributed by atoms with Crippen molar-refractivity contribution in [3.63, 3.8) is 0 Å². The molecule has 2 unspecified atom stereocenters. The summed E-state index contributed by atoms with van der Waals surface area (Å²) < 4.78 is 12.3. The van der Waals surface area contributed by atoms with Crippen LogP contribution in [-0.4, -0.2) is 22.5 Å². The lowest BCUT2D eigenvalue weighted by Gasteiger charge is -2.21. The van der Waals surface area contributed by atoms with E-state index in [0.29, 0.717) is 11.8 Å². The lowest BCUT2D eigenvalue weighted by atomic mass is 10.0. The average molecular weight is 329 g/mol. The molecule has 132 valence electrons. The Morgan fingerprint density at radius 3 is 1.59 bits per heavy atom. The topological polar surface area (TPSA) is 18.5 Å². The SMILES string of the molecule is CC=C[SiH](OCC(CC)CCCC)OCC(CC)CCCC. The van der Waals surface area contributed by atoms with Crippen LogP contribution in [-0.2, 0) is 8.85 Å². The summed E-state index contributed by atoms with van der Waals surface area (Å²) in [5.74, 6) is 1.40. The van der Waals surface area contributed by atoms with Crippen LogP contribution in [0.4, 0.5) is 0 Å². The number of hydrogen-bond acceptors (Lipinski definition) is 2. The Morgan fingerprint density at radius 2 is 1.27 bits per heavy atom. The normalized spacial score (nSPS) is 16.0. The average Bonchev–Trinajstić information content (AvgIpc) is 2.54. The molecule has 0 spiro atoms. The molecule has 0 saturated heterocycles. The Bertz CT molecular complexity index is 236. The molecule has 0 aromatic heterocycles. The summed E-state index contributed by atoms with van der Waals surface area (Å²) in [5.41, 5.74) is 2.18. The van der Waals surface area contributed by atoms with Crippen molar-refractivity contribution in [3.05, 3.63) is 11.8 Å². The van der Waals surface area contributed by atoms with Crippen LogP contribution < -0.4 is 0 Å². The van der Waals surface area contributed by atoms with Crippen molar-refractivity contribution in [3.8, 4) is 0 Å². The molecule has 0 aliphatic rings. The van der Waals surface area contributed by atoms with Crippen LogP contribution in [0.2, 0.25) is 0 Å². The van der Waals surface area contributed by atoms with E-state index in [-0.39, 0.29) is 0 Å². The summed E-state index contributed by atoms with van der Waals surface area (Å²) in [6.07, 6.45) is 12.3. The highest BCUT2D eigenvalue weighted by Gasteiger charge is 2.15. The molecule has 2 atom stereocenters. The second-order valence-corrected chi connectivity index (χ2v) is 8.18. The molecular weight excluding hydrogens is 288 g/mol. The van der Waals surface area contributed by atoms with Gasteiger partial charge >= 0.3 is 9.28 Å². The van der Waals surface area contributed by atoms with Gasteiger partial charge in [-0.2, -0.15) is 0 Å². The zero-order chi connectivity index (χ0) is 16.6. The molecule has 0 aliphatic carbocycles. The van der Waals surface area contributed by atoms with E-state index in [4.69, 9.17) is 8.85 Å². The van der Waals surface area contributed by atoms with Gasteiger partial charge in [0, 0.05) is 13.2 Å². The first-order valence-electron chi connectivity index (χ1n) is 9.57. The molecule has 3 heteroatoms. The van der Waals surface area contributed by atoms with Gasteiger partial charge in [-0.25, -0.2) is 0 Å². The highest BCUT2D eigenvalue weighted by atomic mass is 28.3. The maximum Gasteiger partial charge on any atom is 0.348 e. The summed E-state index contributed by atoms with van der Waals surface area (Å²) in [6.45, 7) is 12.9. The number of hydrogen-bond donors (Lipinski definition) is 0. The van der Waals surface area contributed by atoms with Crippen LogP contribution in [0.1, 0.15) is 86.0 Å². The molecule has 0 saturated carbocycles. The van der Waals surface area contributed by atoms with Crippen molar-refractivity contribution >= 4 is 9.28 Å². The third kappa shape index (κ3) is 11.4. The van der Waals surface area contributed by atoms with Gasteiger partial charge < -0.3 is 8.85 Å². The van der Waals surface area contributed by atoms with Crippen LogP contribution >= 0.6 is 0 Å². The second-order valence-electron chi connectivity index (χ2n) is 6.39. The predicted molar refractivity (Wildman–Crippen MR) is 100 cm³/mol. The monoisotopic (exact) mass is 328 g/mol. The van der Waals surface area contributed by atoms with Gasteiger partial charge in [0.25, 0.3) is 0 Å². The molecule has 0 aromatic carbocycles. The Balaban J connectivity index is 4.17. The molecule has 0 rings (SSSR count). The third-order valence-electron chi connectivity index (χ3n) is 4.43. The van der Waals surface area contributed by atoms with Gasteiger partial charge in [-0.3, -0.25) is 0 Å². The lowest BCUT2D eigenvalue weighted by molar-refractivity contribution is 0.148. The Kier molecular flexibility index (Phi) is 15.7. The molecule has 0 fully saturated rings. The van der Waals surface area contributed by atoms with E-state index in [0.717, 1.165) is 13.2 Å². The second kappa shape index (κ2) is 15.8. The molecule has 0 radical (unpaired) electrons. The molecule has 0 aliphatic heterocycles. The van der Waals surface area contributed by atoms with Crippen LogP contribution in [0, 0.1) is 11.8 Å². The van der Waals surface area contributed by atoms with E-state index < -0.39 is 9.28 Å². The van der Waals surface area contributed by atoms with Gasteiger partial charge in [-0.05, 0) is 37.3 Å². The van der Waals surface area contributed by atoms with Gasteiger partial charge in [0.2, 0.25) is 0 Å². The van der Waals surface area contributed by atoms with Crippen LogP contribution in [0.15, 0.2) is 11.8 Å². The molecule has 0 bridgehead atoms. The first kappa shape index (κ1) is 21.9. The van der Waals surface area contributed by atoms with Crippen LogP contribution in [0.25, 0.3) is 0 Å². The zero-order valence-corrected chi connectivity index (χ0v) is 16.9. The molecule has 0 heterocycles. The maximum absolute atomic E-state index is 6.16. The highest BCUT2D eigenvalue weighted by molar-refractivity contribution is 6.50.